The lowest BCUT2D eigenvalue weighted by Crippen LogP contribution is -2.37. The highest BCUT2D eigenvalue weighted by Crippen LogP contribution is 2.19. The van der Waals surface area contributed by atoms with Crippen molar-refractivity contribution >= 4 is 17.5 Å². The Morgan fingerprint density at radius 1 is 1.21 bits per heavy atom. The number of amides is 1. The number of carbonyl (C=O) groups excluding carboxylic acids is 1. The summed E-state index contributed by atoms with van der Waals surface area (Å²) in [4.78, 5) is 14.7. The summed E-state index contributed by atoms with van der Waals surface area (Å²) in [5, 5.41) is 0.657. The molecular formula is C22H26ClNO4. The van der Waals surface area contributed by atoms with Crippen LogP contribution in [-0.2, 0) is 16.1 Å². The minimum Gasteiger partial charge on any atom is -0.497 e. The van der Waals surface area contributed by atoms with E-state index in [0.29, 0.717) is 36.9 Å². The smallest absolute Gasteiger partial charge is 0.226 e. The average Bonchev–Trinajstić information content (AvgIpc) is 3.22. The number of benzene rings is 2. The minimum atomic E-state index is 0.0484. The molecular weight excluding hydrogens is 378 g/mol. The molecule has 0 aromatic heterocycles. The predicted octanol–water partition coefficient (Wildman–Crippen LogP) is 4.33. The lowest BCUT2D eigenvalue weighted by molar-refractivity contribution is -0.134. The van der Waals surface area contributed by atoms with Crippen molar-refractivity contribution in [2.75, 3.05) is 26.9 Å². The summed E-state index contributed by atoms with van der Waals surface area (Å²) in [6, 6.07) is 14.9. The number of hydrogen-bond acceptors (Lipinski definition) is 4. The first-order valence-corrected chi connectivity index (χ1v) is 9.92. The van der Waals surface area contributed by atoms with Gasteiger partial charge in [-0.3, -0.25) is 4.79 Å². The van der Waals surface area contributed by atoms with Crippen LogP contribution in [0.25, 0.3) is 0 Å². The Bertz CT molecular complexity index is 759. The van der Waals surface area contributed by atoms with E-state index in [-0.39, 0.29) is 12.0 Å². The molecule has 1 heterocycles. The minimum absolute atomic E-state index is 0.0484. The van der Waals surface area contributed by atoms with Crippen molar-refractivity contribution < 1.29 is 19.0 Å². The third-order valence-electron chi connectivity index (χ3n) is 4.71. The molecule has 2 aromatic carbocycles. The molecule has 28 heavy (non-hydrogen) atoms. The molecule has 0 aliphatic carbocycles. The predicted molar refractivity (Wildman–Crippen MR) is 109 cm³/mol. The molecule has 1 aliphatic rings. The van der Waals surface area contributed by atoms with Crippen LogP contribution >= 0.6 is 11.6 Å². The van der Waals surface area contributed by atoms with Crippen LogP contribution in [0, 0.1) is 0 Å². The normalized spacial score (nSPS) is 16.0. The summed E-state index contributed by atoms with van der Waals surface area (Å²) in [7, 11) is 1.64. The van der Waals surface area contributed by atoms with E-state index in [1.165, 1.54) is 0 Å². The largest absolute Gasteiger partial charge is 0.497 e. The fourth-order valence-electron chi connectivity index (χ4n) is 3.23. The van der Waals surface area contributed by atoms with Crippen molar-refractivity contribution in [2.45, 2.75) is 31.9 Å². The Labute approximate surface area is 171 Å². The number of methoxy groups -OCH3 is 1. The first-order chi connectivity index (χ1) is 13.6. The van der Waals surface area contributed by atoms with E-state index in [0.717, 1.165) is 30.8 Å². The van der Waals surface area contributed by atoms with Gasteiger partial charge in [0.05, 0.1) is 26.2 Å². The highest BCUT2D eigenvalue weighted by molar-refractivity contribution is 6.30. The lowest BCUT2D eigenvalue weighted by Gasteiger charge is -2.26. The molecule has 0 bridgehead atoms. The third-order valence-corrected chi connectivity index (χ3v) is 4.96. The van der Waals surface area contributed by atoms with Gasteiger partial charge in [-0.05, 0) is 54.8 Å². The second-order valence-electron chi connectivity index (χ2n) is 6.81. The molecule has 2 aromatic rings. The van der Waals surface area contributed by atoms with Gasteiger partial charge < -0.3 is 19.1 Å². The Hall–Kier alpha value is -2.24. The maximum atomic E-state index is 12.9. The first-order valence-electron chi connectivity index (χ1n) is 9.55. The van der Waals surface area contributed by atoms with Gasteiger partial charge in [0.25, 0.3) is 0 Å². The number of rotatable bonds is 9. The molecule has 0 spiro atoms. The molecule has 3 rings (SSSR count). The molecule has 1 amide bonds. The van der Waals surface area contributed by atoms with Crippen LogP contribution in [0.15, 0.2) is 48.5 Å². The second-order valence-corrected chi connectivity index (χ2v) is 7.25. The third kappa shape index (κ3) is 6.14. The SMILES string of the molecule is COc1cccc(CN(CC2CCCO2)C(=O)CCOc2ccc(Cl)cc2)c1. The van der Waals surface area contributed by atoms with Crippen LogP contribution in [-0.4, -0.2) is 43.8 Å². The Kier molecular flexibility index (Phi) is 7.57. The molecule has 6 heteroatoms. The van der Waals surface area contributed by atoms with Crippen molar-refractivity contribution in [2.24, 2.45) is 0 Å². The van der Waals surface area contributed by atoms with Gasteiger partial charge in [-0.2, -0.15) is 0 Å². The van der Waals surface area contributed by atoms with Crippen LogP contribution in [0.2, 0.25) is 5.02 Å². The molecule has 0 radical (unpaired) electrons. The first kappa shape index (κ1) is 20.5. The van der Waals surface area contributed by atoms with E-state index >= 15 is 0 Å². The molecule has 150 valence electrons. The summed E-state index contributed by atoms with van der Waals surface area (Å²) in [6.07, 6.45) is 2.44. The highest BCUT2D eigenvalue weighted by atomic mass is 35.5. The maximum absolute atomic E-state index is 12.9. The summed E-state index contributed by atoms with van der Waals surface area (Å²) in [6.45, 7) is 2.21. The lowest BCUT2D eigenvalue weighted by atomic mass is 10.1. The van der Waals surface area contributed by atoms with Crippen LogP contribution in [0.3, 0.4) is 0 Å². The van der Waals surface area contributed by atoms with E-state index in [9.17, 15) is 4.79 Å². The topological polar surface area (TPSA) is 48.0 Å². The number of carbonyl (C=O) groups is 1. The zero-order valence-electron chi connectivity index (χ0n) is 16.1. The maximum Gasteiger partial charge on any atom is 0.226 e. The van der Waals surface area contributed by atoms with Crippen molar-refractivity contribution in [1.29, 1.82) is 0 Å². The molecule has 1 unspecified atom stereocenters. The molecule has 1 atom stereocenters. The number of nitrogens with zero attached hydrogens (tertiary/aromatic N) is 1. The van der Waals surface area contributed by atoms with Gasteiger partial charge in [-0.15, -0.1) is 0 Å². The summed E-state index contributed by atoms with van der Waals surface area (Å²) < 4.78 is 16.7. The highest BCUT2D eigenvalue weighted by Gasteiger charge is 2.23. The van der Waals surface area contributed by atoms with E-state index in [1.807, 2.05) is 29.2 Å². The van der Waals surface area contributed by atoms with Gasteiger partial charge in [0.2, 0.25) is 5.91 Å². The number of hydrogen-bond donors (Lipinski definition) is 0. The van der Waals surface area contributed by atoms with Crippen LogP contribution in [0.4, 0.5) is 0 Å². The van der Waals surface area contributed by atoms with Gasteiger partial charge in [-0.25, -0.2) is 0 Å². The quantitative estimate of drug-likeness (QED) is 0.625. The average molecular weight is 404 g/mol. The van der Waals surface area contributed by atoms with E-state index in [2.05, 4.69) is 0 Å². The summed E-state index contributed by atoms with van der Waals surface area (Å²) in [5.74, 6) is 1.54. The van der Waals surface area contributed by atoms with Crippen LogP contribution < -0.4 is 9.47 Å². The summed E-state index contributed by atoms with van der Waals surface area (Å²) in [5.41, 5.74) is 1.03. The zero-order chi connectivity index (χ0) is 19.8. The van der Waals surface area contributed by atoms with E-state index < -0.39 is 0 Å². The van der Waals surface area contributed by atoms with Gasteiger partial charge in [0.1, 0.15) is 11.5 Å². The molecule has 5 nitrogen and oxygen atoms in total. The molecule has 1 aliphatic heterocycles. The van der Waals surface area contributed by atoms with E-state index in [1.54, 1.807) is 31.4 Å². The standard InChI is InChI=1S/C22H26ClNO4/c1-26-20-5-2-4-17(14-20)15-24(16-21-6-3-12-27-21)22(25)11-13-28-19-9-7-18(23)8-10-19/h2,4-5,7-10,14,21H,3,6,11-13,15-16H2,1H3. The van der Waals surface area contributed by atoms with E-state index in [4.69, 9.17) is 25.8 Å². The Morgan fingerprint density at radius 3 is 2.75 bits per heavy atom. The van der Waals surface area contributed by atoms with Crippen molar-refractivity contribution in [1.82, 2.24) is 4.90 Å². The molecule has 0 saturated carbocycles. The fourth-order valence-corrected chi connectivity index (χ4v) is 3.35. The van der Waals surface area contributed by atoms with Gasteiger partial charge in [0.15, 0.2) is 0 Å². The zero-order valence-corrected chi connectivity index (χ0v) is 16.9. The van der Waals surface area contributed by atoms with Gasteiger partial charge in [0, 0.05) is 24.7 Å². The van der Waals surface area contributed by atoms with Crippen molar-refractivity contribution in [3.05, 3.63) is 59.1 Å². The summed E-state index contributed by atoms with van der Waals surface area (Å²) >= 11 is 5.88. The molecule has 1 fully saturated rings. The van der Waals surface area contributed by atoms with Crippen LogP contribution in [0.1, 0.15) is 24.8 Å². The van der Waals surface area contributed by atoms with Crippen molar-refractivity contribution in [3.63, 3.8) is 0 Å². The second kappa shape index (κ2) is 10.3. The Morgan fingerprint density at radius 2 is 2.04 bits per heavy atom. The number of ether oxygens (including phenoxy) is 3. The van der Waals surface area contributed by atoms with Crippen LogP contribution in [0.5, 0.6) is 11.5 Å². The fraction of sp³-hybridized carbons (Fsp3) is 0.409. The monoisotopic (exact) mass is 403 g/mol. The number of halogens is 1. The molecule has 0 N–H and O–H groups in total. The van der Waals surface area contributed by atoms with Gasteiger partial charge in [-0.1, -0.05) is 23.7 Å². The van der Waals surface area contributed by atoms with Gasteiger partial charge >= 0.3 is 0 Å². The Balaban J connectivity index is 1.59. The van der Waals surface area contributed by atoms with Crippen molar-refractivity contribution in [3.8, 4) is 11.5 Å². The molecule has 1 saturated heterocycles.